The highest BCUT2D eigenvalue weighted by molar-refractivity contribution is 8.00. The maximum atomic E-state index is 12.8. The smallest absolute Gasteiger partial charge is 0.176 e. The van der Waals surface area contributed by atoms with Crippen molar-refractivity contribution in [2.24, 2.45) is 0 Å². The number of aromatic hydroxyl groups is 2. The zero-order chi connectivity index (χ0) is 17.1. The first-order valence-corrected chi connectivity index (χ1v) is 8.64. The molecule has 0 amide bonds. The van der Waals surface area contributed by atoms with Gasteiger partial charge >= 0.3 is 0 Å². The van der Waals surface area contributed by atoms with Crippen LogP contribution in [0.5, 0.6) is 11.5 Å². The summed E-state index contributed by atoms with van der Waals surface area (Å²) < 4.78 is 0. The molecular formula is C18H18N2O3S. The van der Waals surface area contributed by atoms with Gasteiger partial charge in [-0.25, -0.2) is 4.98 Å². The molecule has 0 saturated heterocycles. The van der Waals surface area contributed by atoms with Gasteiger partial charge in [0.25, 0.3) is 0 Å². The second-order valence-electron chi connectivity index (χ2n) is 5.52. The number of rotatable bonds is 6. The molecule has 0 bridgehead atoms. The minimum atomic E-state index is -0.306. The van der Waals surface area contributed by atoms with E-state index < -0.39 is 0 Å². The molecule has 0 aliphatic heterocycles. The van der Waals surface area contributed by atoms with E-state index in [1.54, 1.807) is 0 Å². The molecular weight excluding hydrogens is 324 g/mol. The number of carbonyl (C=O) groups is 1. The number of hydrogen-bond donors (Lipinski definition) is 3. The molecule has 0 spiro atoms. The highest BCUT2D eigenvalue weighted by atomic mass is 32.2. The van der Waals surface area contributed by atoms with Gasteiger partial charge in [0, 0.05) is 5.56 Å². The first-order valence-electron chi connectivity index (χ1n) is 7.76. The highest BCUT2D eigenvalue weighted by Crippen LogP contribution is 2.31. The van der Waals surface area contributed by atoms with Crippen molar-refractivity contribution in [2.45, 2.75) is 30.2 Å². The van der Waals surface area contributed by atoms with Gasteiger partial charge in [-0.3, -0.25) is 4.79 Å². The molecule has 0 fully saturated rings. The summed E-state index contributed by atoms with van der Waals surface area (Å²) in [5.74, 6) is -0.606. The van der Waals surface area contributed by atoms with Crippen LogP contribution in [0.15, 0.2) is 47.6 Å². The van der Waals surface area contributed by atoms with Gasteiger partial charge in [-0.1, -0.05) is 37.2 Å². The number of hydrogen-bond acceptors (Lipinski definition) is 5. The van der Waals surface area contributed by atoms with E-state index in [9.17, 15) is 15.0 Å². The van der Waals surface area contributed by atoms with Crippen LogP contribution in [0.25, 0.3) is 11.0 Å². The first-order chi connectivity index (χ1) is 11.6. The van der Waals surface area contributed by atoms with Crippen molar-refractivity contribution in [3.05, 3.63) is 48.0 Å². The number of thioether (sulfide) groups is 1. The Bertz CT molecular complexity index is 843. The minimum absolute atomic E-state index is 0.0855. The zero-order valence-corrected chi connectivity index (χ0v) is 14.0. The molecule has 1 aromatic heterocycles. The lowest BCUT2D eigenvalue weighted by Crippen LogP contribution is -2.17. The van der Waals surface area contributed by atoms with E-state index in [1.807, 2.05) is 31.2 Å². The van der Waals surface area contributed by atoms with Crippen molar-refractivity contribution >= 4 is 28.6 Å². The Kier molecular flexibility index (Phi) is 4.76. The number of nitrogens with zero attached hydrogens (tertiary/aromatic N) is 1. The van der Waals surface area contributed by atoms with Gasteiger partial charge in [-0.15, -0.1) is 0 Å². The summed E-state index contributed by atoms with van der Waals surface area (Å²) in [6, 6.07) is 11.9. The van der Waals surface area contributed by atoms with Gasteiger partial charge in [0.05, 0.1) is 16.3 Å². The summed E-state index contributed by atoms with van der Waals surface area (Å²) in [6.07, 6.45) is 1.55. The number of aromatic amines is 1. The largest absolute Gasteiger partial charge is 0.504 e. The zero-order valence-electron chi connectivity index (χ0n) is 13.2. The van der Waals surface area contributed by atoms with Crippen LogP contribution in [0.1, 0.15) is 30.1 Å². The first kappa shape index (κ1) is 16.4. The average molecular weight is 342 g/mol. The van der Waals surface area contributed by atoms with Gasteiger partial charge < -0.3 is 15.2 Å². The molecule has 2 aromatic carbocycles. The number of H-pyrrole nitrogens is 1. The fourth-order valence-electron chi connectivity index (χ4n) is 2.49. The fourth-order valence-corrected chi connectivity index (χ4v) is 3.67. The maximum absolute atomic E-state index is 12.8. The Morgan fingerprint density at radius 3 is 2.71 bits per heavy atom. The van der Waals surface area contributed by atoms with Crippen molar-refractivity contribution in [3.8, 4) is 11.5 Å². The minimum Gasteiger partial charge on any atom is -0.504 e. The second-order valence-corrected chi connectivity index (χ2v) is 6.71. The summed E-state index contributed by atoms with van der Waals surface area (Å²) >= 11 is 1.39. The number of benzene rings is 2. The summed E-state index contributed by atoms with van der Waals surface area (Å²) in [5.41, 5.74) is 2.18. The fraction of sp³-hybridized carbons (Fsp3) is 0.222. The molecule has 6 heteroatoms. The standard InChI is InChI=1S/C18H18N2O3S/c1-2-5-16(17(23)11-8-9-14(21)15(22)10-11)24-18-19-12-6-3-4-7-13(12)20-18/h3-4,6-10,16,21-22H,2,5H2,1H3,(H,19,20). The lowest BCUT2D eigenvalue weighted by atomic mass is 10.0. The van der Waals surface area contributed by atoms with Gasteiger partial charge in [0.2, 0.25) is 0 Å². The van der Waals surface area contributed by atoms with Crippen LogP contribution in [0.3, 0.4) is 0 Å². The average Bonchev–Trinajstić information content (AvgIpc) is 2.98. The van der Waals surface area contributed by atoms with E-state index in [2.05, 4.69) is 9.97 Å². The maximum Gasteiger partial charge on any atom is 0.176 e. The molecule has 0 saturated carbocycles. The predicted molar refractivity (Wildman–Crippen MR) is 94.7 cm³/mol. The van der Waals surface area contributed by atoms with Crippen molar-refractivity contribution in [2.75, 3.05) is 0 Å². The van der Waals surface area contributed by atoms with Crippen LogP contribution in [-0.4, -0.2) is 31.2 Å². The Morgan fingerprint density at radius 1 is 1.21 bits per heavy atom. The number of imidazole rings is 1. The summed E-state index contributed by atoms with van der Waals surface area (Å²) in [5, 5.41) is 19.4. The van der Waals surface area contributed by atoms with Crippen LogP contribution in [0, 0.1) is 0 Å². The third-order valence-corrected chi connectivity index (χ3v) is 4.88. The summed E-state index contributed by atoms with van der Waals surface area (Å²) in [4.78, 5) is 20.5. The van der Waals surface area contributed by atoms with E-state index in [0.29, 0.717) is 17.1 Å². The predicted octanol–water partition coefficient (Wildman–Crippen LogP) is 4.12. The third-order valence-electron chi connectivity index (χ3n) is 3.72. The van der Waals surface area contributed by atoms with Crippen LogP contribution < -0.4 is 0 Å². The Morgan fingerprint density at radius 2 is 2.00 bits per heavy atom. The van der Waals surface area contributed by atoms with E-state index in [1.165, 1.54) is 30.0 Å². The lowest BCUT2D eigenvalue weighted by Gasteiger charge is -2.13. The normalized spacial score (nSPS) is 12.4. The van der Waals surface area contributed by atoms with Crippen LogP contribution in [-0.2, 0) is 0 Å². The molecule has 1 unspecified atom stereocenters. The number of phenolic OH excluding ortho intramolecular Hbond substituents is 2. The quantitative estimate of drug-likeness (QED) is 0.356. The Hall–Kier alpha value is -2.47. The van der Waals surface area contributed by atoms with Crippen molar-refractivity contribution in [1.29, 1.82) is 0 Å². The van der Waals surface area contributed by atoms with Gasteiger partial charge in [0.15, 0.2) is 22.4 Å². The molecule has 1 atom stereocenters. The molecule has 0 aliphatic carbocycles. The molecule has 0 aliphatic rings. The van der Waals surface area contributed by atoms with E-state index in [-0.39, 0.29) is 22.5 Å². The summed E-state index contributed by atoms with van der Waals surface area (Å²) in [6.45, 7) is 2.02. The van der Waals surface area contributed by atoms with Crippen LogP contribution in [0.2, 0.25) is 0 Å². The molecule has 24 heavy (non-hydrogen) atoms. The van der Waals surface area contributed by atoms with Gasteiger partial charge in [-0.2, -0.15) is 0 Å². The second kappa shape index (κ2) is 6.97. The van der Waals surface area contributed by atoms with Crippen LogP contribution in [0.4, 0.5) is 0 Å². The van der Waals surface area contributed by atoms with Crippen molar-refractivity contribution in [3.63, 3.8) is 0 Å². The number of ketones is 1. The van der Waals surface area contributed by atoms with Gasteiger partial charge in [-0.05, 0) is 36.8 Å². The third kappa shape index (κ3) is 3.38. The number of phenols is 2. The monoisotopic (exact) mass is 342 g/mol. The Balaban J connectivity index is 1.85. The van der Waals surface area contributed by atoms with E-state index in [4.69, 9.17) is 0 Å². The lowest BCUT2D eigenvalue weighted by molar-refractivity contribution is 0.0986. The van der Waals surface area contributed by atoms with E-state index in [0.717, 1.165) is 17.5 Å². The number of Topliss-reactive ketones (excluding diaryl/α,β-unsaturated/α-hetero) is 1. The highest BCUT2D eigenvalue weighted by Gasteiger charge is 2.23. The van der Waals surface area contributed by atoms with Crippen molar-refractivity contribution < 1.29 is 15.0 Å². The van der Waals surface area contributed by atoms with Crippen LogP contribution >= 0.6 is 11.8 Å². The molecule has 124 valence electrons. The van der Waals surface area contributed by atoms with E-state index >= 15 is 0 Å². The number of nitrogens with one attached hydrogen (secondary N) is 1. The number of aromatic nitrogens is 2. The molecule has 3 rings (SSSR count). The summed E-state index contributed by atoms with van der Waals surface area (Å²) in [7, 11) is 0. The molecule has 1 heterocycles. The van der Waals surface area contributed by atoms with Crippen molar-refractivity contribution in [1.82, 2.24) is 9.97 Å². The van der Waals surface area contributed by atoms with Gasteiger partial charge in [0.1, 0.15) is 0 Å². The molecule has 3 aromatic rings. The Labute approximate surface area is 143 Å². The number of para-hydroxylation sites is 2. The number of fused-ring (bicyclic) bond motifs is 1. The molecule has 3 N–H and O–H groups in total. The molecule has 0 radical (unpaired) electrons. The number of carbonyl (C=O) groups excluding carboxylic acids is 1. The molecule has 5 nitrogen and oxygen atoms in total. The SMILES string of the molecule is CCCC(Sc1nc2ccccc2[nH]1)C(=O)c1ccc(O)c(O)c1. The topological polar surface area (TPSA) is 86.2 Å².